The van der Waals surface area contributed by atoms with Crippen LogP contribution in [-0.2, 0) is 0 Å². The van der Waals surface area contributed by atoms with Crippen LogP contribution in [0.4, 0.5) is 0 Å². The molecule has 2 aromatic heterocycles. The maximum atomic E-state index is 10.6. The van der Waals surface area contributed by atoms with E-state index < -0.39 is 5.97 Å². The molecular formula is C10H9N3O2. The zero-order valence-corrected chi connectivity index (χ0v) is 8.08. The Kier molecular flexibility index (Phi) is 2.21. The molecule has 0 spiro atoms. The van der Waals surface area contributed by atoms with E-state index in [1.54, 1.807) is 17.0 Å². The van der Waals surface area contributed by atoms with E-state index >= 15 is 0 Å². The van der Waals surface area contributed by atoms with Gasteiger partial charge in [-0.3, -0.25) is 4.98 Å². The molecule has 0 unspecified atom stereocenters. The third-order valence-electron chi connectivity index (χ3n) is 1.96. The minimum Gasteiger partial charge on any atom is -0.476 e. The maximum Gasteiger partial charge on any atom is 0.356 e. The van der Waals surface area contributed by atoms with Gasteiger partial charge in [0.15, 0.2) is 5.69 Å². The normalized spacial score (nSPS) is 10.2. The van der Waals surface area contributed by atoms with E-state index in [-0.39, 0.29) is 5.69 Å². The van der Waals surface area contributed by atoms with Crippen LogP contribution >= 0.6 is 0 Å². The molecule has 0 bridgehead atoms. The number of carbonyl (C=O) groups is 1. The Morgan fingerprint density at radius 2 is 2.27 bits per heavy atom. The van der Waals surface area contributed by atoms with Crippen LogP contribution in [0.1, 0.15) is 16.1 Å². The highest BCUT2D eigenvalue weighted by atomic mass is 16.4. The van der Waals surface area contributed by atoms with Gasteiger partial charge in [-0.1, -0.05) is 0 Å². The molecule has 15 heavy (non-hydrogen) atoms. The average Bonchev–Trinajstić information content (AvgIpc) is 2.66. The Hall–Kier alpha value is -2.17. The van der Waals surface area contributed by atoms with Crippen molar-refractivity contribution in [3.8, 4) is 5.69 Å². The van der Waals surface area contributed by atoms with Gasteiger partial charge in [0, 0.05) is 12.4 Å². The second-order valence-electron chi connectivity index (χ2n) is 3.19. The summed E-state index contributed by atoms with van der Waals surface area (Å²) >= 11 is 0. The summed E-state index contributed by atoms with van der Waals surface area (Å²) < 4.78 is 1.63. The first-order valence-corrected chi connectivity index (χ1v) is 4.36. The standard InChI is InChI=1S/C10H9N3O2/c1-7-2-8(4-11-3-7)13-5-9(10(14)15)12-6-13/h2-6H,1H3,(H,14,15). The number of carboxylic acids is 1. The van der Waals surface area contributed by atoms with Crippen molar-refractivity contribution < 1.29 is 9.90 Å². The largest absolute Gasteiger partial charge is 0.476 e. The molecule has 0 aliphatic rings. The molecule has 0 aliphatic heterocycles. The van der Waals surface area contributed by atoms with Crippen molar-refractivity contribution in [2.75, 3.05) is 0 Å². The summed E-state index contributed by atoms with van der Waals surface area (Å²) in [6.07, 6.45) is 6.30. The van der Waals surface area contributed by atoms with E-state index in [2.05, 4.69) is 9.97 Å². The highest BCUT2D eigenvalue weighted by molar-refractivity contribution is 5.85. The van der Waals surface area contributed by atoms with Gasteiger partial charge in [-0.05, 0) is 18.6 Å². The van der Waals surface area contributed by atoms with Crippen LogP contribution in [-0.4, -0.2) is 25.6 Å². The van der Waals surface area contributed by atoms with E-state index in [9.17, 15) is 4.79 Å². The van der Waals surface area contributed by atoms with Crippen LogP contribution in [0.2, 0.25) is 0 Å². The Balaban J connectivity index is 2.41. The third-order valence-corrected chi connectivity index (χ3v) is 1.96. The summed E-state index contributed by atoms with van der Waals surface area (Å²) in [6, 6.07) is 1.90. The molecule has 2 rings (SSSR count). The summed E-state index contributed by atoms with van der Waals surface area (Å²) in [7, 11) is 0. The summed E-state index contributed by atoms with van der Waals surface area (Å²) in [5, 5.41) is 8.71. The van der Waals surface area contributed by atoms with E-state index in [4.69, 9.17) is 5.11 Å². The fourth-order valence-electron chi connectivity index (χ4n) is 1.25. The zero-order valence-electron chi connectivity index (χ0n) is 8.08. The molecule has 76 valence electrons. The number of aryl methyl sites for hydroxylation is 1. The van der Waals surface area contributed by atoms with Crippen LogP contribution < -0.4 is 0 Å². The average molecular weight is 203 g/mol. The summed E-state index contributed by atoms with van der Waals surface area (Å²) in [4.78, 5) is 18.4. The molecule has 0 fully saturated rings. The second kappa shape index (κ2) is 3.53. The third kappa shape index (κ3) is 1.85. The first-order valence-electron chi connectivity index (χ1n) is 4.36. The van der Waals surface area contributed by atoms with Gasteiger partial charge in [0.2, 0.25) is 0 Å². The van der Waals surface area contributed by atoms with E-state index in [1.165, 1.54) is 12.5 Å². The number of rotatable bonds is 2. The monoisotopic (exact) mass is 203 g/mol. The van der Waals surface area contributed by atoms with Gasteiger partial charge >= 0.3 is 5.97 Å². The van der Waals surface area contributed by atoms with Gasteiger partial charge < -0.3 is 9.67 Å². The highest BCUT2D eigenvalue weighted by Gasteiger charge is 2.07. The second-order valence-corrected chi connectivity index (χ2v) is 3.19. The van der Waals surface area contributed by atoms with Crippen molar-refractivity contribution in [1.29, 1.82) is 0 Å². The van der Waals surface area contributed by atoms with Crippen molar-refractivity contribution in [2.24, 2.45) is 0 Å². The molecule has 1 N–H and O–H groups in total. The van der Waals surface area contributed by atoms with Crippen molar-refractivity contribution in [3.05, 3.63) is 42.2 Å². The molecular weight excluding hydrogens is 194 g/mol. The van der Waals surface area contributed by atoms with Crippen LogP contribution in [0.5, 0.6) is 0 Å². The number of pyridine rings is 1. The number of aromatic nitrogens is 3. The SMILES string of the molecule is Cc1cncc(-n2cnc(C(=O)O)c2)c1. The first kappa shape index (κ1) is 9.39. The Morgan fingerprint density at radius 3 is 2.87 bits per heavy atom. The molecule has 2 heterocycles. The lowest BCUT2D eigenvalue weighted by atomic mass is 10.3. The maximum absolute atomic E-state index is 10.6. The quantitative estimate of drug-likeness (QED) is 0.798. The van der Waals surface area contributed by atoms with Crippen molar-refractivity contribution in [3.63, 3.8) is 0 Å². The minimum absolute atomic E-state index is 0.0245. The molecule has 5 nitrogen and oxygen atoms in total. The van der Waals surface area contributed by atoms with Crippen molar-refractivity contribution in [1.82, 2.24) is 14.5 Å². The van der Waals surface area contributed by atoms with Crippen LogP contribution in [0, 0.1) is 6.92 Å². The lowest BCUT2D eigenvalue weighted by Gasteiger charge is -2.00. The summed E-state index contributed by atoms with van der Waals surface area (Å²) in [5.74, 6) is -1.03. The zero-order chi connectivity index (χ0) is 10.8. The van der Waals surface area contributed by atoms with Crippen molar-refractivity contribution in [2.45, 2.75) is 6.92 Å². The van der Waals surface area contributed by atoms with Gasteiger partial charge in [0.05, 0.1) is 11.9 Å². The number of aromatic carboxylic acids is 1. The predicted octanol–water partition coefficient (Wildman–Crippen LogP) is 1.27. The Bertz CT molecular complexity index is 505. The Morgan fingerprint density at radius 1 is 1.47 bits per heavy atom. The van der Waals surface area contributed by atoms with Crippen LogP contribution in [0.25, 0.3) is 5.69 Å². The number of imidazole rings is 1. The molecule has 0 aliphatic carbocycles. The van der Waals surface area contributed by atoms with Crippen LogP contribution in [0.3, 0.4) is 0 Å². The van der Waals surface area contributed by atoms with Gasteiger partial charge in [0.25, 0.3) is 0 Å². The summed E-state index contributed by atoms with van der Waals surface area (Å²) in [5.41, 5.74) is 1.84. The molecule has 0 radical (unpaired) electrons. The van der Waals surface area contributed by atoms with Crippen LogP contribution in [0.15, 0.2) is 31.0 Å². The predicted molar refractivity (Wildman–Crippen MR) is 53.1 cm³/mol. The van der Waals surface area contributed by atoms with Crippen molar-refractivity contribution >= 4 is 5.97 Å². The molecule has 0 saturated heterocycles. The lowest BCUT2D eigenvalue weighted by Crippen LogP contribution is -1.96. The van der Waals surface area contributed by atoms with E-state index in [0.717, 1.165) is 11.3 Å². The van der Waals surface area contributed by atoms with Gasteiger partial charge in [-0.15, -0.1) is 0 Å². The number of hydrogen-bond donors (Lipinski definition) is 1. The lowest BCUT2D eigenvalue weighted by molar-refractivity contribution is 0.0691. The van der Waals surface area contributed by atoms with Gasteiger partial charge in [-0.25, -0.2) is 9.78 Å². The molecule has 0 atom stereocenters. The number of carboxylic acid groups (broad SMARTS) is 1. The fraction of sp³-hybridized carbons (Fsp3) is 0.100. The molecule has 0 aromatic carbocycles. The van der Waals surface area contributed by atoms with E-state index in [0.29, 0.717) is 0 Å². The van der Waals surface area contributed by atoms with Gasteiger partial charge in [-0.2, -0.15) is 0 Å². The molecule has 0 amide bonds. The number of hydrogen-bond acceptors (Lipinski definition) is 3. The minimum atomic E-state index is -1.03. The first-order chi connectivity index (χ1) is 7.16. The molecule has 5 heteroatoms. The molecule has 0 saturated carbocycles. The number of nitrogens with zero attached hydrogens (tertiary/aromatic N) is 3. The Labute approximate surface area is 86.0 Å². The highest BCUT2D eigenvalue weighted by Crippen LogP contribution is 2.08. The smallest absolute Gasteiger partial charge is 0.356 e. The van der Waals surface area contributed by atoms with E-state index in [1.807, 2.05) is 13.0 Å². The fourth-order valence-corrected chi connectivity index (χ4v) is 1.25. The molecule has 2 aromatic rings. The van der Waals surface area contributed by atoms with Gasteiger partial charge in [0.1, 0.15) is 6.33 Å². The summed E-state index contributed by atoms with van der Waals surface area (Å²) in [6.45, 7) is 1.92. The topological polar surface area (TPSA) is 68.0 Å².